The van der Waals surface area contributed by atoms with E-state index in [4.69, 9.17) is 11.2 Å². The van der Waals surface area contributed by atoms with Crippen molar-refractivity contribution < 1.29 is 15.0 Å². The number of aliphatic hydroxyl groups is 2. The first-order chi connectivity index (χ1) is 61.8. The van der Waals surface area contributed by atoms with Gasteiger partial charge < -0.3 is 10.2 Å². The van der Waals surface area contributed by atoms with Gasteiger partial charge in [-0.3, -0.25) is 4.79 Å². The maximum atomic E-state index is 10.3. The summed E-state index contributed by atoms with van der Waals surface area (Å²) in [6.45, 7) is 2.39. The summed E-state index contributed by atoms with van der Waals surface area (Å²) in [7, 11) is -1.72. The maximum Gasteiger partial charge on any atom is 0.151 e. The number of hydrogen-bond acceptors (Lipinski definition) is 3. The van der Waals surface area contributed by atoms with Crippen molar-refractivity contribution in [2.45, 2.75) is 31.5 Å². The Balaban J connectivity index is 0.000000158. The fourth-order valence-electron chi connectivity index (χ4n) is 12.8. The van der Waals surface area contributed by atoms with Crippen molar-refractivity contribution >= 4 is 260 Å². The van der Waals surface area contributed by atoms with Gasteiger partial charge in [0.1, 0.15) is 12.2 Å². The number of halogens is 12. The average Bonchev–Trinajstić information content (AvgIpc) is 0.786. The topological polar surface area (TPSA) is 57.5 Å². The predicted octanol–water partition coefficient (Wildman–Crippen LogP) is 32.9. The minimum atomic E-state index is -0.699. The lowest BCUT2D eigenvalue weighted by atomic mass is 10.0. The van der Waals surface area contributed by atoms with E-state index in [-0.39, 0.29) is 0 Å². The van der Waals surface area contributed by atoms with Crippen LogP contribution in [-0.2, 0) is 19.3 Å². The molecule has 0 bridgehead atoms. The van der Waals surface area contributed by atoms with E-state index in [2.05, 4.69) is 431 Å². The van der Waals surface area contributed by atoms with Crippen LogP contribution in [0.5, 0.6) is 0 Å². The van der Waals surface area contributed by atoms with E-state index in [1.165, 1.54) is 96.4 Å². The summed E-state index contributed by atoms with van der Waals surface area (Å²) in [6.07, 6.45) is 2.43. The van der Waals surface area contributed by atoms with Crippen LogP contribution in [0, 0.1) is 3.57 Å². The molecule has 1 unspecified atom stereocenters. The highest BCUT2D eigenvalue weighted by Gasteiger charge is 2.22. The van der Waals surface area contributed by atoms with Crippen LogP contribution in [0.1, 0.15) is 78.2 Å². The highest BCUT2D eigenvalue weighted by Crippen LogP contribution is 2.40. The molecule has 17 aromatic rings. The molecule has 0 aliphatic rings. The maximum absolute atomic E-state index is 10.3. The quantitative estimate of drug-likeness (QED) is 0.0511. The Morgan fingerprint density at radius 2 is 0.488 bits per heavy atom. The molecule has 17 aromatic carbocycles. The monoisotopic (exact) mass is 2490 g/mol. The van der Waals surface area contributed by atoms with Crippen molar-refractivity contribution in [3.8, 4) is 0 Å². The summed E-state index contributed by atoms with van der Waals surface area (Å²) in [5.41, 5.74) is 12.3. The molecule has 0 spiro atoms. The van der Waals surface area contributed by atoms with Gasteiger partial charge in [0, 0.05) is 53.9 Å². The Bertz CT molecular complexity index is 5740. The first kappa shape index (κ1) is 103. The van der Waals surface area contributed by atoms with Crippen molar-refractivity contribution in [2.24, 2.45) is 0 Å². The van der Waals surface area contributed by atoms with E-state index in [0.717, 1.165) is 70.2 Å². The van der Waals surface area contributed by atoms with Gasteiger partial charge in [0.15, 0.2) is 6.29 Å². The highest BCUT2D eigenvalue weighted by atomic mass is 127. The molecule has 0 amide bonds. The molecule has 0 aliphatic heterocycles. The van der Waals surface area contributed by atoms with Gasteiger partial charge in [-0.1, -0.05) is 531 Å². The number of carbonyl (C=O) groups is 1. The summed E-state index contributed by atoms with van der Waals surface area (Å²) < 4.78 is 11.6. The van der Waals surface area contributed by atoms with Crippen LogP contribution in [-0.4, -0.2) is 23.2 Å². The molecule has 2 N–H and O–H groups in total. The number of benzene rings is 17. The van der Waals surface area contributed by atoms with Crippen molar-refractivity contribution in [1.29, 1.82) is 0 Å². The predicted molar refractivity (Wildman–Crippen MR) is 591 cm³/mol. The molecular weight excluding hydrogens is 2410 g/mol. The van der Waals surface area contributed by atoms with E-state index in [9.17, 15) is 15.0 Å². The Kier molecular flexibility index (Phi) is 45.5. The Labute approximate surface area is 854 Å². The van der Waals surface area contributed by atoms with Crippen LogP contribution in [0.2, 0.25) is 0 Å². The van der Waals surface area contributed by atoms with Crippen LogP contribution in [0.15, 0.2) is 488 Å². The van der Waals surface area contributed by atoms with Crippen molar-refractivity contribution in [2.75, 3.05) is 6.66 Å². The highest BCUT2D eigenvalue weighted by molar-refractivity contribution is 14.1. The lowest BCUT2D eigenvalue weighted by molar-refractivity contribution is 0.112. The largest absolute Gasteiger partial charge is 0.384 e. The minimum absolute atomic E-state index is 0.395. The zero-order valence-electron chi connectivity index (χ0n) is 68.7. The van der Waals surface area contributed by atoms with Gasteiger partial charge in [-0.2, -0.15) is 0 Å². The third-order valence-corrected chi connectivity index (χ3v) is 35.9. The van der Waals surface area contributed by atoms with Crippen LogP contribution in [0.4, 0.5) is 0 Å². The van der Waals surface area contributed by atoms with E-state index < -0.39 is 35.3 Å². The molecule has 3 nitrogen and oxygen atoms in total. The minimum Gasteiger partial charge on any atom is -0.384 e. The molecule has 0 heterocycles. The standard InChI is InChI=1S/C32H28P2.2C13H10Br2O.2C13H10Br2.C12H10ClP.C7H5BrO.C6H4BrI/c1-33(28-17-5-2-6-18-28)31-23-13-11-15-26(31)25-27-16-12-14-24-32(27)34(29-19-7-3-8-20-29)30-21-9-4-10-22-30;2*14-11-7-3-1-5-9(11)13(16)10-6-2-4-8-12(10)15;2*14-12-7-3-1-5-10(12)9-11-6-2-4-8-13(11)15;13-14(11-7-3-1-4-8-11)12-9-5-2-6-10-12;8-7-4-2-1-3-6(7)5-9;7-5-3-1-2-4-6(5)8/h2-24H,25H2,1H3;2*1-8,13,16H;2*1-8H,9H2;1-10H;1-5H;1-4H. The molecule has 0 aliphatic carbocycles. The molecule has 0 saturated heterocycles. The number of aliphatic hydroxyl groups excluding tert-OH is 2. The first-order valence-corrected chi connectivity index (χ1v) is 54.4. The summed E-state index contributed by atoms with van der Waals surface area (Å²) >= 11 is 43.3. The van der Waals surface area contributed by atoms with Crippen LogP contribution in [0.25, 0.3) is 0 Å². The smallest absolute Gasteiger partial charge is 0.151 e. The first-order valence-electron chi connectivity index (χ1n) is 40.1. The second kappa shape index (κ2) is 56.3. The third-order valence-electron chi connectivity index (χ3n) is 19.4. The molecule has 18 heteroatoms. The van der Waals surface area contributed by atoms with Crippen molar-refractivity contribution in [1.82, 2.24) is 0 Å². The van der Waals surface area contributed by atoms with Gasteiger partial charge in [-0.05, 0) is 240 Å². The zero-order valence-corrected chi connectivity index (χ0v) is 90.1. The zero-order chi connectivity index (χ0) is 90.1. The third kappa shape index (κ3) is 33.0. The molecule has 0 fully saturated rings. The molecule has 0 aromatic heterocycles. The lowest BCUT2D eigenvalue weighted by Gasteiger charge is -2.23. The molecule has 1 atom stereocenters. The molecular formula is C109H87Br10ClIO3P3. The number of carbonyl (C=O) groups excluding carboxylic acids is 1. The lowest BCUT2D eigenvalue weighted by Crippen LogP contribution is -2.24. The fourth-order valence-corrected chi connectivity index (χ4v) is 23.7. The second-order valence-corrected chi connectivity index (χ2v) is 44.6. The molecule has 17 rings (SSSR count). The second-order valence-electron chi connectivity index (χ2n) is 28.0. The van der Waals surface area contributed by atoms with Gasteiger partial charge in [0.05, 0.1) is 7.27 Å². The van der Waals surface area contributed by atoms with E-state index in [1.54, 1.807) is 6.07 Å². The van der Waals surface area contributed by atoms with E-state index >= 15 is 0 Å². The van der Waals surface area contributed by atoms with Gasteiger partial charge in [-0.15, -0.1) is 0 Å². The average molecular weight is 2500 g/mol. The Hall–Kier alpha value is -6.56. The Morgan fingerprint density at radius 3 is 0.772 bits per heavy atom. The van der Waals surface area contributed by atoms with Gasteiger partial charge in [0.2, 0.25) is 0 Å². The van der Waals surface area contributed by atoms with E-state index in [0.29, 0.717) is 5.56 Å². The van der Waals surface area contributed by atoms with E-state index in [1.807, 2.05) is 194 Å². The van der Waals surface area contributed by atoms with Crippen LogP contribution >= 0.6 is 216 Å². The summed E-state index contributed by atoms with van der Waals surface area (Å²) in [6, 6.07) is 151. The number of aldehydes is 1. The summed E-state index contributed by atoms with van der Waals surface area (Å²) in [5, 5.41) is 30.1. The normalized spacial score (nSPS) is 10.7. The van der Waals surface area contributed by atoms with Gasteiger partial charge in [0.25, 0.3) is 0 Å². The molecule has 640 valence electrons. The summed E-state index contributed by atoms with van der Waals surface area (Å²) in [5.74, 6) is 0. The van der Waals surface area contributed by atoms with Gasteiger partial charge in [-0.25, -0.2) is 0 Å². The Morgan fingerprint density at radius 1 is 0.260 bits per heavy atom. The van der Waals surface area contributed by atoms with Gasteiger partial charge >= 0.3 is 0 Å². The van der Waals surface area contributed by atoms with Crippen LogP contribution in [0.3, 0.4) is 0 Å². The number of hydrogen-bond donors (Lipinski definition) is 2. The van der Waals surface area contributed by atoms with Crippen LogP contribution < -0.4 is 37.1 Å². The molecule has 127 heavy (non-hydrogen) atoms. The summed E-state index contributed by atoms with van der Waals surface area (Å²) in [4.78, 5) is 10.2. The molecule has 0 radical (unpaired) electrons. The molecule has 0 saturated carbocycles. The van der Waals surface area contributed by atoms with Crippen molar-refractivity contribution in [3.63, 3.8) is 0 Å². The number of rotatable bonds is 18. The fraction of sp³-hybridized carbons (Fsp3) is 0.0550. The van der Waals surface area contributed by atoms with Crippen molar-refractivity contribution in [3.05, 3.63) is 552 Å². The SMILES string of the molecule is Brc1ccccc1Cc1ccccc1Br.Brc1ccccc1Cc1ccccc1Br.Brc1ccccc1I.CP(c1ccccc1)c1ccccc1Cc1ccccc1P(c1ccccc1)c1ccccc1.ClP(c1ccccc1)c1ccccc1.O=Cc1ccccc1Br.OC(c1ccccc1Br)c1ccccc1Br.OC(c1ccccc1Br)c1ccccc1Br.